The van der Waals surface area contributed by atoms with E-state index in [9.17, 15) is 0 Å². The average molecular weight is 475 g/mol. The van der Waals surface area contributed by atoms with Gasteiger partial charge in [-0.2, -0.15) is 0 Å². The van der Waals surface area contributed by atoms with Crippen LogP contribution in [0.5, 0.6) is 0 Å². The summed E-state index contributed by atoms with van der Waals surface area (Å²) in [6.07, 6.45) is 16.6. The molecular weight excluding hydrogens is 426 g/mol. The Morgan fingerprint density at radius 3 is 1.46 bits per heavy atom. The Hall–Kier alpha value is 0.469. The van der Waals surface area contributed by atoms with E-state index in [1.54, 1.807) is 0 Å². The molecule has 0 fully saturated rings. The van der Waals surface area contributed by atoms with Crippen LogP contribution in [0.2, 0.25) is 13.3 Å². The molecule has 0 heterocycles. The summed E-state index contributed by atoms with van der Waals surface area (Å²) >= 11 is -2.57. The Bertz CT molecular complexity index is 304. The van der Waals surface area contributed by atoms with Crippen molar-refractivity contribution in [2.45, 2.75) is 137 Å². The van der Waals surface area contributed by atoms with Crippen molar-refractivity contribution in [1.82, 2.24) is 0 Å². The van der Waals surface area contributed by atoms with Crippen LogP contribution < -0.4 is 0 Å². The zero-order valence-electron chi connectivity index (χ0n) is 18.7. The quantitative estimate of drug-likeness (QED) is 0.129. The number of hydrogen-bond acceptors (Lipinski definition) is 0. The monoisotopic (exact) mass is 476 g/mol. The van der Waals surface area contributed by atoms with Gasteiger partial charge in [-0.05, 0) is 0 Å². The van der Waals surface area contributed by atoms with Gasteiger partial charge in [0.25, 0.3) is 0 Å². The summed E-state index contributed by atoms with van der Waals surface area (Å²) in [4.78, 5) is 0. The fourth-order valence-electron chi connectivity index (χ4n) is 4.19. The van der Waals surface area contributed by atoms with Gasteiger partial charge in [-0.3, -0.25) is 0 Å². The molecular formula is C24H49FSn. The summed E-state index contributed by atoms with van der Waals surface area (Å²) < 4.78 is 20.4. The first kappa shape index (κ1) is 26.5. The second-order valence-corrected chi connectivity index (χ2v) is 21.9. The summed E-state index contributed by atoms with van der Waals surface area (Å²) in [5.74, 6) is 0. The predicted molar refractivity (Wildman–Crippen MR) is 122 cm³/mol. The molecule has 0 N–H and O–H groups in total. The van der Waals surface area contributed by atoms with Crippen LogP contribution in [0.1, 0.15) is 118 Å². The average Bonchev–Trinajstić information content (AvgIpc) is 2.66. The minimum absolute atomic E-state index is 0.702. The Morgan fingerprint density at radius 1 is 0.654 bits per heavy atom. The van der Waals surface area contributed by atoms with Gasteiger partial charge in [0.1, 0.15) is 0 Å². The summed E-state index contributed by atoms with van der Waals surface area (Å²) in [6.45, 7) is 13.5. The van der Waals surface area contributed by atoms with Gasteiger partial charge < -0.3 is 0 Å². The van der Waals surface area contributed by atoms with Crippen LogP contribution in [0, 0.1) is 0 Å². The maximum atomic E-state index is 15.2. The first-order chi connectivity index (χ1) is 12.6. The molecule has 0 rings (SSSR count). The van der Waals surface area contributed by atoms with E-state index in [0.717, 1.165) is 16.4 Å². The van der Waals surface area contributed by atoms with Crippen molar-refractivity contribution in [3.8, 4) is 0 Å². The van der Waals surface area contributed by atoms with Gasteiger partial charge >= 0.3 is 170 Å². The molecule has 0 aliphatic heterocycles. The molecule has 1 unspecified atom stereocenters. The van der Waals surface area contributed by atoms with Crippen molar-refractivity contribution in [3.05, 3.63) is 10.2 Å². The number of halogens is 1. The Labute approximate surface area is 169 Å². The summed E-state index contributed by atoms with van der Waals surface area (Å²) in [5, 5.41) is 0. The van der Waals surface area contributed by atoms with E-state index in [0.29, 0.717) is 0 Å². The van der Waals surface area contributed by atoms with E-state index in [1.165, 1.54) is 90.4 Å². The van der Waals surface area contributed by atoms with Crippen LogP contribution in [-0.2, 0) is 0 Å². The number of hydrogen-bond donors (Lipinski definition) is 0. The van der Waals surface area contributed by atoms with Crippen LogP contribution in [-0.4, -0.2) is 24.5 Å². The maximum absolute atomic E-state index is 15.2. The molecule has 0 bridgehead atoms. The van der Waals surface area contributed by atoms with Crippen molar-refractivity contribution in [2.75, 3.05) is 0 Å². The first-order valence-corrected chi connectivity index (χ1v) is 19.4. The normalized spacial score (nSPS) is 13.1. The van der Waals surface area contributed by atoms with Crippen molar-refractivity contribution in [2.24, 2.45) is 0 Å². The molecule has 0 aromatic rings. The predicted octanol–water partition coefficient (Wildman–Crippen LogP) is 9.41. The summed E-state index contributed by atoms with van der Waals surface area (Å²) in [7, 11) is 0. The van der Waals surface area contributed by atoms with E-state index in [1.807, 2.05) is 0 Å². The van der Waals surface area contributed by atoms with Gasteiger partial charge in [0.05, 0.1) is 0 Å². The van der Waals surface area contributed by atoms with E-state index < -0.39 is 24.5 Å². The third-order valence-corrected chi connectivity index (χ3v) is 22.2. The molecule has 0 aliphatic rings. The zero-order valence-corrected chi connectivity index (χ0v) is 21.5. The molecule has 2 heteroatoms. The minimum atomic E-state index is -2.57. The van der Waals surface area contributed by atoms with Gasteiger partial charge in [0.2, 0.25) is 0 Å². The Kier molecular flexibility index (Phi) is 17.9. The van der Waals surface area contributed by atoms with Gasteiger partial charge in [0.15, 0.2) is 0 Å². The van der Waals surface area contributed by atoms with Crippen LogP contribution >= 0.6 is 0 Å². The first-order valence-electron chi connectivity index (χ1n) is 11.9. The molecule has 0 aromatic heterocycles. The summed E-state index contributed by atoms with van der Waals surface area (Å²) in [6, 6.07) is 0. The van der Waals surface area contributed by atoms with Crippen LogP contribution in [0.3, 0.4) is 0 Å². The van der Waals surface area contributed by atoms with E-state index in [-0.39, 0.29) is 0 Å². The Morgan fingerprint density at radius 2 is 1.04 bits per heavy atom. The third-order valence-electron chi connectivity index (χ3n) is 6.15. The van der Waals surface area contributed by atoms with E-state index >= 15 is 4.39 Å². The molecule has 0 aromatic carbocycles. The zero-order chi connectivity index (χ0) is 19.7. The second-order valence-electron chi connectivity index (χ2n) is 8.49. The molecule has 26 heavy (non-hydrogen) atoms. The van der Waals surface area contributed by atoms with Crippen LogP contribution in [0.25, 0.3) is 0 Å². The molecule has 156 valence electrons. The summed E-state index contributed by atoms with van der Waals surface area (Å²) in [5.41, 5.74) is 0. The number of rotatable bonds is 19. The molecule has 1 atom stereocenters. The van der Waals surface area contributed by atoms with Crippen molar-refractivity contribution in [3.63, 3.8) is 0 Å². The molecule has 0 nitrogen and oxygen atoms in total. The fraction of sp³-hybridized carbons (Fsp3) is 0.917. The number of alkyl halides is 1. The van der Waals surface area contributed by atoms with E-state index in [4.69, 9.17) is 0 Å². The van der Waals surface area contributed by atoms with Crippen molar-refractivity contribution in [1.29, 1.82) is 0 Å². The van der Waals surface area contributed by atoms with Gasteiger partial charge in [-0.1, -0.05) is 0 Å². The second kappa shape index (κ2) is 17.6. The number of allylic oxidation sites excluding steroid dienone is 1. The van der Waals surface area contributed by atoms with Gasteiger partial charge in [-0.25, -0.2) is 0 Å². The molecule has 0 saturated heterocycles. The van der Waals surface area contributed by atoms with Crippen LogP contribution in [0.15, 0.2) is 10.2 Å². The van der Waals surface area contributed by atoms with E-state index in [2.05, 4.69) is 34.3 Å². The Balaban J connectivity index is 4.63. The molecule has 0 amide bonds. The topological polar surface area (TPSA) is 0 Å². The third kappa shape index (κ3) is 11.3. The molecule has 0 radical (unpaired) electrons. The molecule has 0 aliphatic carbocycles. The standard InChI is InChI=1S/C12H22F.3C4H9.Sn/c1-3-5-6-7-8-9-10-11-12(13)4-2;3*1-3-4-2;/h12H,2-3,5-11H2,1H3;3*1,3-4H2,2H3;. The van der Waals surface area contributed by atoms with Gasteiger partial charge in [0, 0.05) is 0 Å². The molecule has 0 spiro atoms. The number of unbranched alkanes of at least 4 members (excludes halogenated alkanes) is 9. The van der Waals surface area contributed by atoms with Gasteiger partial charge in [-0.15, -0.1) is 0 Å². The van der Waals surface area contributed by atoms with Crippen molar-refractivity contribution < 1.29 is 4.39 Å². The van der Waals surface area contributed by atoms with Crippen LogP contribution in [0.4, 0.5) is 4.39 Å². The fourth-order valence-corrected chi connectivity index (χ4v) is 20.2. The van der Waals surface area contributed by atoms with Crippen molar-refractivity contribution >= 4 is 18.4 Å². The SMILES string of the molecule is C=[C](C(F)CCCCCCCCC)[Sn]([CH2]CCC)([CH2]CCC)[CH2]CCC. The molecule has 0 saturated carbocycles.